The Labute approximate surface area is 142 Å². The second-order valence-corrected chi connectivity index (χ2v) is 6.38. The van der Waals surface area contributed by atoms with Crippen molar-refractivity contribution in [1.82, 2.24) is 0 Å². The predicted molar refractivity (Wildman–Crippen MR) is 98.4 cm³/mol. The van der Waals surface area contributed by atoms with Gasteiger partial charge in [0.1, 0.15) is 5.75 Å². The molecule has 0 saturated carbocycles. The van der Waals surface area contributed by atoms with Gasteiger partial charge in [-0.3, -0.25) is 0 Å². The highest BCUT2D eigenvalue weighted by Crippen LogP contribution is 2.15. The van der Waals surface area contributed by atoms with Gasteiger partial charge in [-0.1, -0.05) is 76.8 Å². The summed E-state index contributed by atoms with van der Waals surface area (Å²) in [6.45, 7) is 2.26. The lowest BCUT2D eigenvalue weighted by molar-refractivity contribution is 0.403. The van der Waals surface area contributed by atoms with E-state index in [4.69, 9.17) is 4.74 Å². The number of benzene rings is 1. The van der Waals surface area contributed by atoms with Gasteiger partial charge >= 0.3 is 7.12 Å². The molecule has 0 aliphatic rings. The van der Waals surface area contributed by atoms with Crippen LogP contribution in [0.4, 0.5) is 0 Å². The maximum Gasteiger partial charge on any atom is 0.492 e. The number of hydrogen-bond donors (Lipinski definition) is 2. The number of ether oxygens (including phenoxy) is 1. The van der Waals surface area contributed by atoms with Crippen LogP contribution in [0.15, 0.2) is 18.2 Å². The minimum atomic E-state index is -1.48. The lowest BCUT2D eigenvalue weighted by Gasteiger charge is -2.10. The first-order chi connectivity index (χ1) is 11.2. The van der Waals surface area contributed by atoms with Crippen molar-refractivity contribution < 1.29 is 14.8 Å². The zero-order valence-corrected chi connectivity index (χ0v) is 14.9. The van der Waals surface area contributed by atoms with Gasteiger partial charge in [0.25, 0.3) is 0 Å². The average molecular weight is 320 g/mol. The molecular formula is C19H33BO3. The fraction of sp³-hybridized carbons (Fsp3) is 0.684. The highest BCUT2D eigenvalue weighted by Gasteiger charge is 2.16. The fourth-order valence-corrected chi connectivity index (χ4v) is 2.94. The molecule has 4 heteroatoms. The molecule has 0 amide bonds. The van der Waals surface area contributed by atoms with Crippen LogP contribution in [0.1, 0.15) is 76.7 Å². The van der Waals surface area contributed by atoms with Gasteiger partial charge in [0.05, 0.1) is 7.11 Å². The van der Waals surface area contributed by atoms with E-state index in [1.54, 1.807) is 13.2 Å². The molecule has 1 aromatic rings. The van der Waals surface area contributed by atoms with Crippen LogP contribution in [0.3, 0.4) is 0 Å². The molecule has 0 aliphatic carbocycles. The molecule has 0 heterocycles. The van der Waals surface area contributed by atoms with Gasteiger partial charge in [-0.2, -0.15) is 0 Å². The number of aryl methyl sites for hydroxylation is 1. The van der Waals surface area contributed by atoms with Crippen LogP contribution in [-0.4, -0.2) is 24.3 Å². The summed E-state index contributed by atoms with van der Waals surface area (Å²) >= 11 is 0. The van der Waals surface area contributed by atoms with Crippen molar-refractivity contribution in [3.05, 3.63) is 23.8 Å². The minimum Gasteiger partial charge on any atom is -0.497 e. The van der Waals surface area contributed by atoms with E-state index < -0.39 is 7.12 Å². The van der Waals surface area contributed by atoms with E-state index in [0.717, 1.165) is 6.42 Å². The average Bonchev–Trinajstić information content (AvgIpc) is 2.56. The van der Waals surface area contributed by atoms with Gasteiger partial charge in [0.15, 0.2) is 0 Å². The van der Waals surface area contributed by atoms with E-state index in [-0.39, 0.29) is 0 Å². The lowest BCUT2D eigenvalue weighted by atomic mass is 9.79. The van der Waals surface area contributed by atoms with Gasteiger partial charge in [0, 0.05) is 5.46 Å². The normalized spacial score (nSPS) is 10.8. The molecule has 23 heavy (non-hydrogen) atoms. The Morgan fingerprint density at radius 2 is 1.43 bits per heavy atom. The summed E-state index contributed by atoms with van der Waals surface area (Å²) in [7, 11) is 0.0854. The molecule has 0 fully saturated rings. The molecule has 0 aliphatic heterocycles. The van der Waals surface area contributed by atoms with Crippen molar-refractivity contribution in [3.63, 3.8) is 0 Å². The van der Waals surface area contributed by atoms with E-state index in [1.165, 1.54) is 69.8 Å². The van der Waals surface area contributed by atoms with E-state index in [9.17, 15) is 10.0 Å². The van der Waals surface area contributed by atoms with Crippen LogP contribution < -0.4 is 10.2 Å². The van der Waals surface area contributed by atoms with Gasteiger partial charge in [0.2, 0.25) is 0 Å². The molecule has 1 rings (SSSR count). The lowest BCUT2D eigenvalue weighted by Crippen LogP contribution is -2.31. The highest BCUT2D eigenvalue weighted by atomic mass is 16.5. The summed E-state index contributed by atoms with van der Waals surface area (Å²) in [5, 5.41) is 18.5. The fourth-order valence-electron chi connectivity index (χ4n) is 2.94. The van der Waals surface area contributed by atoms with Gasteiger partial charge < -0.3 is 14.8 Å². The molecule has 0 aromatic heterocycles. The third-order valence-electron chi connectivity index (χ3n) is 4.40. The van der Waals surface area contributed by atoms with Crippen molar-refractivity contribution in [2.45, 2.75) is 77.6 Å². The van der Waals surface area contributed by atoms with E-state index in [2.05, 4.69) is 6.92 Å². The predicted octanol–water partition coefficient (Wildman–Crippen LogP) is 3.84. The zero-order chi connectivity index (χ0) is 16.9. The van der Waals surface area contributed by atoms with Gasteiger partial charge in [-0.25, -0.2) is 0 Å². The molecule has 0 spiro atoms. The third kappa shape index (κ3) is 8.43. The summed E-state index contributed by atoms with van der Waals surface area (Å²) in [6.07, 6.45) is 14.4. The van der Waals surface area contributed by atoms with E-state index >= 15 is 0 Å². The Kier molecular flexibility index (Phi) is 10.8. The van der Waals surface area contributed by atoms with Crippen LogP contribution >= 0.6 is 0 Å². The van der Waals surface area contributed by atoms with Crippen molar-refractivity contribution in [2.75, 3.05) is 7.11 Å². The first kappa shape index (κ1) is 20.1. The van der Waals surface area contributed by atoms with Crippen LogP contribution in [-0.2, 0) is 6.42 Å². The Hall–Kier alpha value is -0.995. The minimum absolute atomic E-state index is 0.430. The van der Waals surface area contributed by atoms with Crippen molar-refractivity contribution in [2.24, 2.45) is 0 Å². The standard InChI is InChI=1S/C19H33BO3/c1-3-4-5-6-7-8-9-10-11-12-13-17-14-15-18(20(21)22)19(16-17)23-2/h14-16,21-22H,3-13H2,1-2H3. The van der Waals surface area contributed by atoms with Crippen LogP contribution in [0.2, 0.25) is 0 Å². The third-order valence-corrected chi connectivity index (χ3v) is 4.40. The molecular weight excluding hydrogens is 287 g/mol. The van der Waals surface area contributed by atoms with E-state index in [0.29, 0.717) is 11.2 Å². The number of hydrogen-bond acceptors (Lipinski definition) is 3. The SMILES string of the molecule is CCCCCCCCCCCCc1ccc(B(O)O)c(OC)c1. The molecule has 1 aromatic carbocycles. The largest absolute Gasteiger partial charge is 0.497 e. The molecule has 0 radical (unpaired) electrons. The second-order valence-electron chi connectivity index (χ2n) is 6.38. The molecule has 0 bridgehead atoms. The Bertz CT molecular complexity index is 421. The van der Waals surface area contributed by atoms with Gasteiger partial charge in [-0.15, -0.1) is 0 Å². The van der Waals surface area contributed by atoms with Crippen molar-refractivity contribution >= 4 is 12.6 Å². The molecule has 0 unspecified atom stereocenters. The molecule has 0 atom stereocenters. The van der Waals surface area contributed by atoms with E-state index in [1.807, 2.05) is 12.1 Å². The summed E-state index contributed by atoms with van der Waals surface area (Å²) < 4.78 is 5.23. The first-order valence-corrected chi connectivity index (χ1v) is 9.22. The molecule has 130 valence electrons. The maximum absolute atomic E-state index is 9.27. The summed E-state index contributed by atoms with van der Waals surface area (Å²) in [5.41, 5.74) is 1.63. The van der Waals surface area contributed by atoms with Crippen LogP contribution in [0.25, 0.3) is 0 Å². The Morgan fingerprint density at radius 1 is 0.870 bits per heavy atom. The molecule has 0 saturated heterocycles. The van der Waals surface area contributed by atoms with Crippen LogP contribution in [0, 0.1) is 0 Å². The zero-order valence-electron chi connectivity index (χ0n) is 14.9. The molecule has 2 N–H and O–H groups in total. The van der Waals surface area contributed by atoms with Crippen LogP contribution in [0.5, 0.6) is 5.75 Å². The summed E-state index contributed by atoms with van der Waals surface area (Å²) in [6, 6.07) is 5.63. The summed E-state index contributed by atoms with van der Waals surface area (Å²) in [5.74, 6) is 0.560. The van der Waals surface area contributed by atoms with Crippen molar-refractivity contribution in [1.29, 1.82) is 0 Å². The Morgan fingerprint density at radius 3 is 1.96 bits per heavy atom. The van der Waals surface area contributed by atoms with Gasteiger partial charge in [-0.05, 0) is 24.5 Å². The summed E-state index contributed by atoms with van der Waals surface area (Å²) in [4.78, 5) is 0. The van der Waals surface area contributed by atoms with Crippen molar-refractivity contribution in [3.8, 4) is 5.75 Å². The monoisotopic (exact) mass is 320 g/mol. The first-order valence-electron chi connectivity index (χ1n) is 9.22. The topological polar surface area (TPSA) is 49.7 Å². The number of unbranched alkanes of at least 4 members (excludes halogenated alkanes) is 9. The highest BCUT2D eigenvalue weighted by molar-refractivity contribution is 6.59. The number of rotatable bonds is 13. The quantitative estimate of drug-likeness (QED) is 0.429. The second kappa shape index (κ2) is 12.4. The number of methoxy groups -OCH3 is 1. The Balaban J connectivity index is 2.14. The smallest absolute Gasteiger partial charge is 0.492 e. The molecule has 3 nitrogen and oxygen atoms in total. The maximum atomic E-state index is 9.27.